The number of benzene rings is 3. The van der Waals surface area contributed by atoms with E-state index in [0.29, 0.717) is 10.7 Å². The maximum Gasteiger partial charge on any atom is 0.239 e. The number of hydrogen-bond donors (Lipinski definition) is 0. The minimum Gasteiger partial charge on any atom is -0.302 e. The average Bonchev–Trinajstić information content (AvgIpc) is 3.05. The van der Waals surface area contributed by atoms with Crippen LogP contribution in [-0.4, -0.2) is 18.1 Å². The minimum absolute atomic E-state index is 0.218. The fraction of sp³-hybridized carbons (Fsp3) is 0.160. The first kappa shape index (κ1) is 18.8. The molecule has 3 aromatic carbocycles. The second kappa shape index (κ2) is 6.28. The molecule has 0 saturated carbocycles. The second-order valence-corrected chi connectivity index (χ2v) is 9.09. The van der Waals surface area contributed by atoms with E-state index in [2.05, 4.69) is 0 Å². The topological polar surface area (TPSA) is 54.5 Å². The molecule has 4 aliphatic rings. The molecule has 152 valence electrons. The molecule has 2 atom stereocenters. The van der Waals surface area contributed by atoms with Crippen LogP contribution in [0.5, 0.6) is 0 Å². The van der Waals surface area contributed by atoms with Gasteiger partial charge < -0.3 is 4.79 Å². The van der Waals surface area contributed by atoms with Crippen LogP contribution < -0.4 is 4.90 Å². The van der Waals surface area contributed by atoms with E-state index in [4.69, 9.17) is 23.2 Å². The molecule has 2 amide bonds. The van der Waals surface area contributed by atoms with Crippen molar-refractivity contribution < 1.29 is 14.4 Å². The number of hydrogen-bond acceptors (Lipinski definition) is 3. The molecule has 1 saturated heterocycles. The van der Waals surface area contributed by atoms with Gasteiger partial charge in [0.15, 0.2) is 0 Å². The fourth-order valence-corrected chi connectivity index (χ4v) is 6.42. The number of rotatable bonds is 2. The Morgan fingerprint density at radius 3 is 2.03 bits per heavy atom. The van der Waals surface area contributed by atoms with E-state index in [1.807, 2.05) is 48.5 Å². The summed E-state index contributed by atoms with van der Waals surface area (Å²) in [6.45, 7) is 0. The lowest BCUT2D eigenvalue weighted by Crippen LogP contribution is -2.54. The summed E-state index contributed by atoms with van der Waals surface area (Å²) in [5.74, 6) is -2.53. The maximum atomic E-state index is 13.8. The molecule has 4 nitrogen and oxygen atoms in total. The summed E-state index contributed by atoms with van der Waals surface area (Å²) in [5, 5.41) is 0.630. The zero-order chi connectivity index (χ0) is 21.5. The Morgan fingerprint density at radius 2 is 1.45 bits per heavy atom. The van der Waals surface area contributed by atoms with Gasteiger partial charge in [0.1, 0.15) is 6.29 Å². The van der Waals surface area contributed by atoms with Crippen LogP contribution >= 0.6 is 23.2 Å². The number of amides is 2. The quantitative estimate of drug-likeness (QED) is 0.420. The van der Waals surface area contributed by atoms with E-state index in [9.17, 15) is 14.4 Å². The highest BCUT2D eigenvalue weighted by Gasteiger charge is 2.68. The lowest BCUT2D eigenvalue weighted by Gasteiger charge is -2.51. The van der Waals surface area contributed by atoms with Crippen LogP contribution in [0.3, 0.4) is 0 Å². The van der Waals surface area contributed by atoms with Crippen LogP contribution in [-0.2, 0) is 19.8 Å². The predicted octanol–water partition coefficient (Wildman–Crippen LogP) is 4.74. The fourth-order valence-electron chi connectivity index (χ4n) is 5.93. The monoisotopic (exact) mass is 447 g/mol. The van der Waals surface area contributed by atoms with Gasteiger partial charge in [0, 0.05) is 10.9 Å². The Kier molecular flexibility index (Phi) is 3.81. The van der Waals surface area contributed by atoms with Crippen molar-refractivity contribution in [3.8, 4) is 0 Å². The Labute approximate surface area is 188 Å². The third kappa shape index (κ3) is 2.14. The van der Waals surface area contributed by atoms with Crippen LogP contribution in [0.15, 0.2) is 66.7 Å². The summed E-state index contributed by atoms with van der Waals surface area (Å²) < 4.78 is 0. The Bertz CT molecular complexity index is 1270. The van der Waals surface area contributed by atoms with Gasteiger partial charge in [0.05, 0.1) is 28.0 Å². The van der Waals surface area contributed by atoms with Crippen molar-refractivity contribution in [1.29, 1.82) is 0 Å². The van der Waals surface area contributed by atoms with E-state index in [1.165, 1.54) is 6.07 Å². The molecule has 7 rings (SSSR count). The van der Waals surface area contributed by atoms with Crippen LogP contribution in [0, 0.1) is 11.8 Å². The zero-order valence-electron chi connectivity index (χ0n) is 16.1. The zero-order valence-corrected chi connectivity index (χ0v) is 17.6. The SMILES string of the molecule is O=CC12c3ccccc3C(c3ccccc31)[C@H]1C(=O)N(c3ccc(Cl)cc3Cl)C(=O)[C@@H]12. The number of halogens is 2. The van der Waals surface area contributed by atoms with Gasteiger partial charge in [-0.05, 0) is 40.5 Å². The van der Waals surface area contributed by atoms with Gasteiger partial charge in [-0.25, -0.2) is 4.90 Å². The van der Waals surface area contributed by atoms with E-state index in [-0.39, 0.29) is 16.8 Å². The number of anilines is 1. The van der Waals surface area contributed by atoms with Crippen LogP contribution in [0.4, 0.5) is 5.69 Å². The third-order valence-electron chi connectivity index (χ3n) is 7.02. The Balaban J connectivity index is 1.65. The molecule has 0 unspecified atom stereocenters. The van der Waals surface area contributed by atoms with E-state index >= 15 is 0 Å². The normalized spacial score (nSPS) is 27.7. The van der Waals surface area contributed by atoms with Gasteiger partial charge in [-0.15, -0.1) is 0 Å². The molecular formula is C25H15Cl2NO3. The predicted molar refractivity (Wildman–Crippen MR) is 118 cm³/mol. The van der Waals surface area contributed by atoms with Crippen LogP contribution in [0.2, 0.25) is 10.0 Å². The average molecular weight is 448 g/mol. The number of imide groups is 1. The lowest BCUT2D eigenvalue weighted by molar-refractivity contribution is -0.128. The summed E-state index contributed by atoms with van der Waals surface area (Å²) >= 11 is 12.4. The van der Waals surface area contributed by atoms with Crippen molar-refractivity contribution in [1.82, 2.24) is 0 Å². The van der Waals surface area contributed by atoms with Gasteiger partial charge in [-0.2, -0.15) is 0 Å². The summed E-state index contributed by atoms with van der Waals surface area (Å²) in [4.78, 5) is 41.6. The molecule has 1 heterocycles. The molecule has 6 heteroatoms. The number of carbonyl (C=O) groups is 3. The smallest absolute Gasteiger partial charge is 0.239 e. The molecule has 2 bridgehead atoms. The maximum absolute atomic E-state index is 13.8. The number of aldehydes is 1. The van der Waals surface area contributed by atoms with Crippen molar-refractivity contribution in [3.63, 3.8) is 0 Å². The van der Waals surface area contributed by atoms with Crippen LogP contribution in [0.1, 0.15) is 28.2 Å². The molecular weight excluding hydrogens is 433 g/mol. The molecule has 0 radical (unpaired) electrons. The van der Waals surface area contributed by atoms with Crippen molar-refractivity contribution in [2.45, 2.75) is 11.3 Å². The summed E-state index contributed by atoms with van der Waals surface area (Å²) in [6, 6.07) is 20.0. The first-order valence-electron chi connectivity index (χ1n) is 9.98. The van der Waals surface area contributed by atoms with Gasteiger partial charge in [-0.3, -0.25) is 9.59 Å². The van der Waals surface area contributed by atoms with Gasteiger partial charge in [0.2, 0.25) is 11.8 Å². The molecule has 1 fully saturated rings. The van der Waals surface area contributed by atoms with Crippen molar-refractivity contribution in [2.24, 2.45) is 11.8 Å². The second-order valence-electron chi connectivity index (χ2n) is 8.25. The highest BCUT2D eigenvalue weighted by atomic mass is 35.5. The van der Waals surface area contributed by atoms with Gasteiger partial charge >= 0.3 is 0 Å². The first-order valence-corrected chi connectivity index (χ1v) is 10.7. The lowest BCUT2D eigenvalue weighted by atomic mass is 9.48. The molecule has 0 spiro atoms. The van der Waals surface area contributed by atoms with Crippen molar-refractivity contribution in [3.05, 3.63) is 99.0 Å². The molecule has 3 aliphatic carbocycles. The summed E-state index contributed by atoms with van der Waals surface area (Å²) in [5.41, 5.74) is 2.55. The van der Waals surface area contributed by atoms with Gasteiger partial charge in [0.25, 0.3) is 0 Å². The van der Waals surface area contributed by atoms with Crippen LogP contribution in [0.25, 0.3) is 0 Å². The summed E-state index contributed by atoms with van der Waals surface area (Å²) in [6.07, 6.45) is 0.857. The van der Waals surface area contributed by atoms with E-state index in [0.717, 1.165) is 33.4 Å². The molecule has 3 aromatic rings. The van der Waals surface area contributed by atoms with E-state index < -0.39 is 23.2 Å². The highest BCUT2D eigenvalue weighted by Crippen LogP contribution is 2.63. The van der Waals surface area contributed by atoms with Gasteiger partial charge in [-0.1, -0.05) is 71.7 Å². The molecule has 1 aliphatic heterocycles. The van der Waals surface area contributed by atoms with E-state index in [1.54, 1.807) is 12.1 Å². The third-order valence-corrected chi connectivity index (χ3v) is 7.56. The Hall–Kier alpha value is -2.95. The largest absolute Gasteiger partial charge is 0.302 e. The van der Waals surface area contributed by atoms with Crippen molar-refractivity contribution >= 4 is 47.0 Å². The standard InChI is InChI=1S/C25H15Cl2NO3/c26-13-9-10-19(18(27)11-13)28-23(30)21-20-14-5-1-3-7-16(14)25(12-29,22(21)24(28)31)17-8-4-2-6-15(17)20/h1-12,20-22H/t20?,21-,22-,25?/m1/s1. The number of carbonyl (C=O) groups excluding carboxylic acids is 3. The molecule has 0 N–H and O–H groups in total. The highest BCUT2D eigenvalue weighted by molar-refractivity contribution is 6.38. The molecule has 31 heavy (non-hydrogen) atoms. The Morgan fingerprint density at radius 1 is 0.839 bits per heavy atom. The minimum atomic E-state index is -1.22. The first-order chi connectivity index (χ1) is 15.0. The van der Waals surface area contributed by atoms with Crippen molar-refractivity contribution in [2.75, 3.05) is 4.90 Å². The number of nitrogens with zero attached hydrogens (tertiary/aromatic N) is 1. The summed E-state index contributed by atoms with van der Waals surface area (Å²) in [7, 11) is 0. The molecule has 0 aromatic heterocycles.